The van der Waals surface area contributed by atoms with E-state index in [4.69, 9.17) is 4.98 Å². The standard InChI is InChI=1S/C30H25NP/c1-24-17-19-25(20-18-24)30-23-29(21-22-31-30)32(26-11-5-2-6-12-26,27-13-7-3-8-14-27)28-15-9-4-10-16-28/h2-23H,1H3/q+1. The van der Waals surface area contributed by atoms with E-state index >= 15 is 0 Å². The van der Waals surface area contributed by atoms with Gasteiger partial charge < -0.3 is 0 Å². The summed E-state index contributed by atoms with van der Waals surface area (Å²) in [4.78, 5) is 4.75. The maximum Gasteiger partial charge on any atom is 0.144 e. The second-order valence-corrected chi connectivity index (χ2v) is 11.4. The van der Waals surface area contributed by atoms with Crippen LogP contribution in [-0.4, -0.2) is 4.98 Å². The highest BCUT2D eigenvalue weighted by Gasteiger charge is 2.47. The Kier molecular flexibility index (Phi) is 5.67. The van der Waals surface area contributed by atoms with Crippen LogP contribution in [0, 0.1) is 6.92 Å². The number of aromatic nitrogens is 1. The van der Waals surface area contributed by atoms with Crippen LogP contribution in [0.5, 0.6) is 0 Å². The van der Waals surface area contributed by atoms with E-state index in [2.05, 4.69) is 134 Å². The van der Waals surface area contributed by atoms with Crippen molar-refractivity contribution in [1.29, 1.82) is 0 Å². The fraction of sp³-hybridized carbons (Fsp3) is 0.0333. The summed E-state index contributed by atoms with van der Waals surface area (Å²) in [6.07, 6.45) is 1.97. The van der Waals surface area contributed by atoms with Gasteiger partial charge in [-0.15, -0.1) is 0 Å². The Morgan fingerprint density at radius 2 is 0.969 bits per heavy atom. The molecule has 0 fully saturated rings. The molecule has 0 unspecified atom stereocenters. The summed E-state index contributed by atoms with van der Waals surface area (Å²) in [6, 6.07) is 46.0. The Bertz CT molecular complexity index is 1200. The van der Waals surface area contributed by atoms with Crippen LogP contribution in [-0.2, 0) is 0 Å². The van der Waals surface area contributed by atoms with Gasteiger partial charge in [-0.2, -0.15) is 0 Å². The minimum absolute atomic E-state index is 1.01. The Morgan fingerprint density at radius 3 is 1.44 bits per heavy atom. The van der Waals surface area contributed by atoms with Gasteiger partial charge in [-0.05, 0) is 49.4 Å². The number of nitrogens with zero attached hydrogens (tertiary/aromatic N) is 1. The molecule has 5 rings (SSSR count). The smallest absolute Gasteiger partial charge is 0.144 e. The third kappa shape index (κ3) is 3.66. The predicted molar refractivity (Wildman–Crippen MR) is 139 cm³/mol. The Labute approximate surface area is 190 Å². The second-order valence-electron chi connectivity index (χ2n) is 7.94. The second kappa shape index (κ2) is 8.91. The van der Waals surface area contributed by atoms with Gasteiger partial charge in [0.15, 0.2) is 0 Å². The van der Waals surface area contributed by atoms with Gasteiger partial charge in [-0.1, -0.05) is 84.4 Å². The van der Waals surface area contributed by atoms with Gasteiger partial charge in [0.1, 0.15) is 28.5 Å². The molecule has 0 bridgehead atoms. The van der Waals surface area contributed by atoms with Crippen molar-refractivity contribution < 1.29 is 0 Å². The van der Waals surface area contributed by atoms with Gasteiger partial charge in [0.25, 0.3) is 0 Å². The number of hydrogen-bond donors (Lipinski definition) is 0. The molecular formula is C30H25NP+. The number of benzene rings is 4. The van der Waals surface area contributed by atoms with E-state index in [-0.39, 0.29) is 0 Å². The molecule has 2 heteroatoms. The van der Waals surface area contributed by atoms with Crippen LogP contribution in [0.4, 0.5) is 0 Å². The maximum atomic E-state index is 4.75. The van der Waals surface area contributed by atoms with Crippen molar-refractivity contribution in [1.82, 2.24) is 4.98 Å². The summed E-state index contributed by atoms with van der Waals surface area (Å²) in [5.41, 5.74) is 3.41. The van der Waals surface area contributed by atoms with Crippen molar-refractivity contribution in [3.8, 4) is 11.3 Å². The molecule has 154 valence electrons. The Morgan fingerprint density at radius 1 is 0.500 bits per heavy atom. The molecule has 0 saturated heterocycles. The molecule has 1 nitrogen and oxygen atoms in total. The summed E-state index contributed by atoms with van der Waals surface area (Å²) in [7, 11) is -2.10. The Balaban J connectivity index is 1.83. The van der Waals surface area contributed by atoms with Crippen LogP contribution >= 0.6 is 7.26 Å². The molecule has 0 aliphatic heterocycles. The van der Waals surface area contributed by atoms with Gasteiger partial charge in [0.2, 0.25) is 0 Å². The lowest BCUT2D eigenvalue weighted by Crippen LogP contribution is -2.38. The summed E-state index contributed by atoms with van der Waals surface area (Å²) < 4.78 is 0. The molecule has 0 aliphatic carbocycles. The minimum atomic E-state index is -2.10. The van der Waals surface area contributed by atoms with E-state index < -0.39 is 7.26 Å². The van der Waals surface area contributed by atoms with Crippen LogP contribution in [0.15, 0.2) is 134 Å². The fourth-order valence-corrected chi connectivity index (χ4v) is 8.61. The van der Waals surface area contributed by atoms with E-state index in [0.29, 0.717) is 0 Å². The van der Waals surface area contributed by atoms with Crippen LogP contribution in [0.1, 0.15) is 5.56 Å². The highest BCUT2D eigenvalue weighted by molar-refractivity contribution is 8.01. The topological polar surface area (TPSA) is 12.9 Å². The molecular weight excluding hydrogens is 405 g/mol. The van der Waals surface area contributed by atoms with E-state index in [1.807, 2.05) is 6.20 Å². The van der Waals surface area contributed by atoms with Crippen molar-refractivity contribution in [2.45, 2.75) is 6.92 Å². The molecule has 4 aromatic carbocycles. The van der Waals surface area contributed by atoms with Crippen molar-refractivity contribution >= 4 is 28.5 Å². The highest BCUT2D eigenvalue weighted by Crippen LogP contribution is 2.54. The lowest BCUT2D eigenvalue weighted by Gasteiger charge is -2.27. The van der Waals surface area contributed by atoms with Crippen LogP contribution < -0.4 is 21.2 Å². The molecule has 0 aliphatic rings. The summed E-state index contributed by atoms with van der Waals surface area (Å²) in [5, 5.41) is 5.35. The first kappa shape index (κ1) is 20.4. The molecule has 0 saturated carbocycles. The third-order valence-electron chi connectivity index (χ3n) is 5.91. The molecule has 1 heterocycles. The quantitative estimate of drug-likeness (QED) is 0.327. The van der Waals surface area contributed by atoms with Crippen molar-refractivity contribution in [3.05, 3.63) is 139 Å². The maximum absolute atomic E-state index is 4.75. The van der Waals surface area contributed by atoms with E-state index in [0.717, 1.165) is 11.3 Å². The van der Waals surface area contributed by atoms with E-state index in [1.165, 1.54) is 26.8 Å². The van der Waals surface area contributed by atoms with Gasteiger partial charge in [-0.25, -0.2) is 0 Å². The van der Waals surface area contributed by atoms with Crippen LogP contribution in [0.3, 0.4) is 0 Å². The SMILES string of the molecule is Cc1ccc(-c2cc([P+](c3ccccc3)(c3ccccc3)c3ccccc3)ccn2)cc1. The molecule has 32 heavy (non-hydrogen) atoms. The zero-order chi connectivity index (χ0) is 21.8. The lowest BCUT2D eigenvalue weighted by molar-refractivity contribution is 1.33. The van der Waals surface area contributed by atoms with Gasteiger partial charge in [0.05, 0.1) is 5.69 Å². The molecule has 1 aromatic heterocycles. The largest absolute Gasteiger partial charge is 0.256 e. The third-order valence-corrected chi connectivity index (χ3v) is 10.2. The van der Waals surface area contributed by atoms with Gasteiger partial charge in [0, 0.05) is 17.8 Å². The van der Waals surface area contributed by atoms with Crippen LogP contribution in [0.25, 0.3) is 11.3 Å². The van der Waals surface area contributed by atoms with Crippen molar-refractivity contribution in [3.63, 3.8) is 0 Å². The average molecular weight is 431 g/mol. The van der Waals surface area contributed by atoms with Crippen molar-refractivity contribution in [2.75, 3.05) is 0 Å². The monoisotopic (exact) mass is 430 g/mol. The summed E-state index contributed by atoms with van der Waals surface area (Å²) in [6.45, 7) is 2.12. The number of rotatable bonds is 5. The van der Waals surface area contributed by atoms with Gasteiger partial charge >= 0.3 is 0 Å². The van der Waals surface area contributed by atoms with Crippen LogP contribution in [0.2, 0.25) is 0 Å². The van der Waals surface area contributed by atoms with Gasteiger partial charge in [-0.3, -0.25) is 4.98 Å². The fourth-order valence-electron chi connectivity index (χ4n) is 4.36. The first-order valence-electron chi connectivity index (χ1n) is 10.9. The molecule has 0 N–H and O–H groups in total. The first-order chi connectivity index (χ1) is 15.8. The molecule has 0 spiro atoms. The normalized spacial score (nSPS) is 11.3. The lowest BCUT2D eigenvalue weighted by atomic mass is 10.1. The zero-order valence-corrected chi connectivity index (χ0v) is 19.0. The van der Waals surface area contributed by atoms with Crippen molar-refractivity contribution in [2.24, 2.45) is 0 Å². The predicted octanol–water partition coefficient (Wildman–Crippen LogP) is 5.68. The van der Waals surface area contributed by atoms with E-state index in [9.17, 15) is 0 Å². The summed E-state index contributed by atoms with van der Waals surface area (Å²) in [5.74, 6) is 0. The zero-order valence-electron chi connectivity index (χ0n) is 18.1. The molecule has 0 atom stereocenters. The molecule has 0 amide bonds. The number of hydrogen-bond acceptors (Lipinski definition) is 1. The number of pyridine rings is 1. The van der Waals surface area contributed by atoms with E-state index in [1.54, 1.807) is 0 Å². The first-order valence-corrected chi connectivity index (χ1v) is 12.7. The highest BCUT2D eigenvalue weighted by atomic mass is 31.2. The molecule has 0 radical (unpaired) electrons. The Hall–Kier alpha value is -3.54. The number of aryl methyl sites for hydroxylation is 1. The molecule has 5 aromatic rings. The average Bonchev–Trinajstić information content (AvgIpc) is 2.87. The summed E-state index contributed by atoms with van der Waals surface area (Å²) >= 11 is 0. The minimum Gasteiger partial charge on any atom is -0.256 e.